The van der Waals surface area contributed by atoms with Gasteiger partial charge in [0.05, 0.1) is 24.6 Å². The maximum Gasteiger partial charge on any atom is 0.215 e. The van der Waals surface area contributed by atoms with E-state index in [-0.39, 0.29) is 5.41 Å². The van der Waals surface area contributed by atoms with Crippen molar-refractivity contribution in [2.24, 2.45) is 5.10 Å². The number of carbonyl (C=O) groups is 1. The third-order valence-corrected chi connectivity index (χ3v) is 8.23. The number of hydrogen-bond donors (Lipinski definition) is 0. The first-order valence-electron chi connectivity index (χ1n) is 15.5. The lowest BCUT2D eigenvalue weighted by atomic mass is 9.87. The van der Waals surface area contributed by atoms with Crippen molar-refractivity contribution in [3.05, 3.63) is 89.0 Å². The summed E-state index contributed by atoms with van der Waals surface area (Å²) in [6, 6.07) is 26.1. The summed E-state index contributed by atoms with van der Waals surface area (Å²) in [6.07, 6.45) is 5.13. The van der Waals surface area contributed by atoms with Crippen molar-refractivity contribution in [1.82, 2.24) is 9.91 Å². The lowest BCUT2D eigenvalue weighted by molar-refractivity contribution is -0.114. The van der Waals surface area contributed by atoms with Crippen LogP contribution in [0.3, 0.4) is 0 Å². The van der Waals surface area contributed by atoms with Crippen molar-refractivity contribution in [2.45, 2.75) is 84.1 Å². The molecule has 0 bridgehead atoms. The van der Waals surface area contributed by atoms with Crippen LogP contribution in [-0.4, -0.2) is 42.4 Å². The number of carbonyl (C=O) groups excluding carboxylic acids is 1. The number of amides is 1. The van der Waals surface area contributed by atoms with Crippen LogP contribution in [0.2, 0.25) is 0 Å². The maximum absolute atomic E-state index is 11.8. The Kier molecular flexibility index (Phi) is 10.3. The number of aryl methyl sites for hydroxylation is 1. The van der Waals surface area contributed by atoms with Crippen molar-refractivity contribution in [2.75, 3.05) is 20.2 Å². The summed E-state index contributed by atoms with van der Waals surface area (Å²) in [6.45, 7) is 12.4. The zero-order valence-electron chi connectivity index (χ0n) is 26.7. The fraction of sp³-hybridized carbons (Fsp3) is 0.432. The molecule has 0 N–H and O–H groups in total. The summed E-state index contributed by atoms with van der Waals surface area (Å²) in [4.78, 5) is 13.5. The minimum atomic E-state index is -0.404. The van der Waals surface area contributed by atoms with Crippen molar-refractivity contribution >= 4 is 12.2 Å². The van der Waals surface area contributed by atoms with Gasteiger partial charge in [0.2, 0.25) is 6.41 Å². The maximum atomic E-state index is 11.8. The number of nitriles is 1. The lowest BCUT2D eigenvalue weighted by Crippen LogP contribution is -2.31. The first kappa shape index (κ1) is 31.8. The van der Waals surface area contributed by atoms with Crippen LogP contribution < -0.4 is 4.74 Å². The van der Waals surface area contributed by atoms with Gasteiger partial charge in [0.25, 0.3) is 0 Å². The summed E-state index contributed by atoms with van der Waals surface area (Å²) in [5.41, 5.74) is 6.69. The summed E-state index contributed by atoms with van der Waals surface area (Å²) in [7, 11) is 1.96. The average molecular weight is 579 g/mol. The molecule has 0 radical (unpaired) electrons. The highest BCUT2D eigenvalue weighted by molar-refractivity contribution is 5.90. The predicted octanol–water partition coefficient (Wildman–Crippen LogP) is 7.85. The standard InChI is InChI=1S/C37H46N4O2/c1-7-41(27-42)35(39-40(6)25-29-14-19-32(20-15-29)36(3,4)5)11-9-10-28-12-16-30(17-13-28)31-18-21-34(43-8-2)33(24-31)37(26-38)22-23-37/h12-21,24,27H,7-11,22-23,25H2,1-6H3/b39-35-. The van der Waals surface area contributed by atoms with Crippen LogP contribution in [0, 0.1) is 11.3 Å². The van der Waals surface area contributed by atoms with Gasteiger partial charge in [-0.3, -0.25) is 9.80 Å². The molecule has 0 aromatic heterocycles. The Morgan fingerprint density at radius 1 is 1.00 bits per heavy atom. The average Bonchev–Trinajstić information content (AvgIpc) is 3.79. The molecule has 6 nitrogen and oxygen atoms in total. The molecule has 0 heterocycles. The molecule has 0 spiro atoms. The van der Waals surface area contributed by atoms with Crippen LogP contribution in [0.15, 0.2) is 71.8 Å². The van der Waals surface area contributed by atoms with Crippen LogP contribution in [0.1, 0.15) is 82.6 Å². The van der Waals surface area contributed by atoms with Gasteiger partial charge in [-0.25, -0.2) is 0 Å². The van der Waals surface area contributed by atoms with Gasteiger partial charge in [0.1, 0.15) is 11.6 Å². The van der Waals surface area contributed by atoms with Crippen molar-refractivity contribution in [3.63, 3.8) is 0 Å². The predicted molar refractivity (Wildman–Crippen MR) is 175 cm³/mol. The van der Waals surface area contributed by atoms with E-state index in [4.69, 9.17) is 9.84 Å². The van der Waals surface area contributed by atoms with Gasteiger partial charge < -0.3 is 9.64 Å². The van der Waals surface area contributed by atoms with Crippen molar-refractivity contribution < 1.29 is 9.53 Å². The molecule has 0 aliphatic heterocycles. The fourth-order valence-electron chi connectivity index (χ4n) is 5.42. The lowest BCUT2D eigenvalue weighted by Gasteiger charge is -2.22. The first-order valence-corrected chi connectivity index (χ1v) is 15.5. The Hall–Kier alpha value is -4.11. The minimum Gasteiger partial charge on any atom is -0.494 e. The number of hydrazone groups is 1. The molecule has 226 valence electrons. The Balaban J connectivity index is 1.40. The summed E-state index contributed by atoms with van der Waals surface area (Å²) < 4.78 is 5.85. The highest BCUT2D eigenvalue weighted by Gasteiger charge is 2.47. The second kappa shape index (κ2) is 13.9. The summed E-state index contributed by atoms with van der Waals surface area (Å²) in [5.74, 6) is 1.61. The second-order valence-corrected chi connectivity index (χ2v) is 12.6. The van der Waals surface area contributed by atoms with E-state index in [1.165, 1.54) is 16.7 Å². The van der Waals surface area contributed by atoms with Gasteiger partial charge in [-0.2, -0.15) is 10.4 Å². The van der Waals surface area contributed by atoms with Gasteiger partial charge in [0.15, 0.2) is 0 Å². The zero-order valence-corrected chi connectivity index (χ0v) is 26.7. The Morgan fingerprint density at radius 3 is 2.21 bits per heavy atom. The molecule has 6 heteroatoms. The van der Waals surface area contributed by atoms with Gasteiger partial charge >= 0.3 is 0 Å². The van der Waals surface area contributed by atoms with Gasteiger partial charge in [-0.05, 0) is 84.9 Å². The Bertz CT molecular complexity index is 1440. The molecule has 1 fully saturated rings. The van der Waals surface area contributed by atoms with E-state index in [2.05, 4.69) is 87.5 Å². The summed E-state index contributed by atoms with van der Waals surface area (Å²) >= 11 is 0. The molecule has 1 amide bonds. The van der Waals surface area contributed by atoms with Gasteiger partial charge in [0, 0.05) is 25.6 Å². The molecule has 43 heavy (non-hydrogen) atoms. The van der Waals surface area contributed by atoms with E-state index in [0.29, 0.717) is 26.1 Å². The minimum absolute atomic E-state index is 0.123. The van der Waals surface area contributed by atoms with E-state index >= 15 is 0 Å². The third kappa shape index (κ3) is 8.04. The first-order chi connectivity index (χ1) is 20.6. The normalized spacial score (nSPS) is 14.1. The largest absolute Gasteiger partial charge is 0.494 e. The van der Waals surface area contributed by atoms with E-state index in [9.17, 15) is 10.1 Å². The Morgan fingerprint density at radius 2 is 1.65 bits per heavy atom. The third-order valence-electron chi connectivity index (χ3n) is 8.23. The van der Waals surface area contributed by atoms with Gasteiger partial charge in [-0.1, -0.05) is 75.4 Å². The van der Waals surface area contributed by atoms with E-state index in [0.717, 1.165) is 60.4 Å². The topological polar surface area (TPSA) is 68.9 Å². The molecule has 0 atom stereocenters. The van der Waals surface area contributed by atoms with E-state index in [1.54, 1.807) is 4.90 Å². The smallest absolute Gasteiger partial charge is 0.215 e. The number of rotatable bonds is 13. The van der Waals surface area contributed by atoms with Crippen LogP contribution >= 0.6 is 0 Å². The molecule has 0 unspecified atom stereocenters. The molecule has 1 aliphatic rings. The molecular formula is C37H46N4O2. The molecule has 1 saturated carbocycles. The number of benzene rings is 3. The number of amidine groups is 1. The molecule has 1 aliphatic carbocycles. The highest BCUT2D eigenvalue weighted by Crippen LogP contribution is 2.51. The Labute approximate surface area is 258 Å². The van der Waals surface area contributed by atoms with Crippen LogP contribution in [0.5, 0.6) is 5.75 Å². The monoisotopic (exact) mass is 578 g/mol. The molecular weight excluding hydrogens is 532 g/mol. The molecule has 0 saturated heterocycles. The fourth-order valence-corrected chi connectivity index (χ4v) is 5.42. The second-order valence-electron chi connectivity index (χ2n) is 12.6. The SMILES string of the molecule is CCOc1ccc(-c2ccc(CCC/C(=N/N(C)Cc3ccc(C(C)(C)C)cc3)N(C=O)CC)cc2)cc1C1(C#N)CC1. The number of ether oxygens (including phenoxy) is 1. The summed E-state index contributed by atoms with van der Waals surface area (Å²) in [5, 5.41) is 16.6. The molecule has 4 rings (SSSR count). The van der Waals surface area contributed by atoms with Gasteiger partial charge in [-0.15, -0.1) is 0 Å². The van der Waals surface area contributed by atoms with E-state index < -0.39 is 5.41 Å². The van der Waals surface area contributed by atoms with Crippen molar-refractivity contribution in [3.8, 4) is 22.9 Å². The zero-order chi connectivity index (χ0) is 31.0. The highest BCUT2D eigenvalue weighted by atomic mass is 16.5. The van der Waals surface area contributed by atoms with Crippen LogP contribution in [-0.2, 0) is 28.6 Å². The quantitative estimate of drug-likeness (QED) is 0.0896. The number of hydrogen-bond acceptors (Lipinski definition) is 5. The van der Waals surface area contributed by atoms with E-state index in [1.807, 2.05) is 32.0 Å². The molecule has 3 aromatic carbocycles. The van der Waals surface area contributed by atoms with Crippen molar-refractivity contribution in [1.29, 1.82) is 5.26 Å². The van der Waals surface area contributed by atoms with Crippen LogP contribution in [0.25, 0.3) is 11.1 Å². The number of nitrogens with zero attached hydrogens (tertiary/aromatic N) is 4. The van der Waals surface area contributed by atoms with Crippen LogP contribution in [0.4, 0.5) is 0 Å². The molecule has 3 aromatic rings.